The first-order valence-corrected chi connectivity index (χ1v) is 2.85. The van der Waals surface area contributed by atoms with Crippen LogP contribution in [0.2, 0.25) is 0 Å². The molecule has 0 aromatic carbocycles. The summed E-state index contributed by atoms with van der Waals surface area (Å²) in [4.78, 5) is 10.5. The number of rotatable bonds is 0. The van der Waals surface area contributed by atoms with Gasteiger partial charge < -0.3 is 9.90 Å². The van der Waals surface area contributed by atoms with Gasteiger partial charge in [0.2, 0.25) is 0 Å². The van der Waals surface area contributed by atoms with Gasteiger partial charge >= 0.3 is 0 Å². The molecule has 2 nitrogen and oxygen atoms in total. The molecule has 0 saturated heterocycles. The Labute approximate surface area is 64.6 Å². The zero-order valence-corrected chi connectivity index (χ0v) is 5.94. The van der Waals surface area contributed by atoms with Gasteiger partial charge in [-0.15, -0.1) is 0 Å². The quantitative estimate of drug-likeness (QED) is 0.421. The first-order chi connectivity index (χ1) is 3.79. The fourth-order valence-electron chi connectivity index (χ4n) is 0.867. The average molecular weight is 172 g/mol. The second-order valence-corrected chi connectivity index (χ2v) is 2.09. The van der Waals surface area contributed by atoms with Crippen molar-refractivity contribution in [3.05, 3.63) is 6.42 Å². The standard InChI is InChI=1S/C6H9O2.Ni/c7-5-2-1-3-6(8)4-5;/h4-5,7H,1-3H2;/q-1;. The number of hydrogen-bond donors (Lipinski definition) is 1. The van der Waals surface area contributed by atoms with Crippen molar-refractivity contribution in [1.82, 2.24) is 0 Å². The summed E-state index contributed by atoms with van der Waals surface area (Å²) >= 11 is 0. The van der Waals surface area contributed by atoms with E-state index in [1.54, 1.807) is 0 Å². The SMILES string of the molecule is O=C1[CH-]C(O)CCC1.[Ni]. The van der Waals surface area contributed by atoms with Gasteiger partial charge in [0.1, 0.15) is 0 Å². The normalized spacial score (nSPS) is 26.3. The Morgan fingerprint density at radius 2 is 2.33 bits per heavy atom. The minimum absolute atomic E-state index is 0. The second-order valence-electron chi connectivity index (χ2n) is 2.09. The molecule has 1 unspecified atom stereocenters. The minimum Gasteiger partial charge on any atom is -0.422 e. The Morgan fingerprint density at radius 3 is 2.67 bits per heavy atom. The largest absolute Gasteiger partial charge is 0.422 e. The molecule has 0 amide bonds. The maximum Gasteiger partial charge on any atom is 0.000993 e. The van der Waals surface area contributed by atoms with Crippen molar-refractivity contribution in [3.63, 3.8) is 0 Å². The Kier molecular flexibility index (Phi) is 3.91. The molecule has 1 fully saturated rings. The first-order valence-electron chi connectivity index (χ1n) is 2.85. The van der Waals surface area contributed by atoms with E-state index in [0.29, 0.717) is 6.42 Å². The second kappa shape index (κ2) is 3.91. The number of carbonyl (C=O) groups excluding carboxylic acids is 1. The molecule has 1 saturated carbocycles. The van der Waals surface area contributed by atoms with E-state index < -0.39 is 6.10 Å². The van der Waals surface area contributed by atoms with Gasteiger partial charge in [-0.1, -0.05) is 6.42 Å². The summed E-state index contributed by atoms with van der Waals surface area (Å²) in [5, 5.41) is 8.80. The third-order valence-electron chi connectivity index (χ3n) is 1.30. The Bertz CT molecular complexity index is 103. The van der Waals surface area contributed by atoms with Crippen LogP contribution in [0.25, 0.3) is 0 Å². The molecule has 0 aliphatic heterocycles. The van der Waals surface area contributed by atoms with Crippen LogP contribution in [0.15, 0.2) is 0 Å². The maximum absolute atomic E-state index is 10.5. The third kappa shape index (κ3) is 2.88. The van der Waals surface area contributed by atoms with Crippen LogP contribution in [-0.2, 0) is 21.3 Å². The zero-order valence-electron chi connectivity index (χ0n) is 4.95. The van der Waals surface area contributed by atoms with Crippen LogP contribution in [0.1, 0.15) is 19.3 Å². The molecule has 1 aliphatic rings. The van der Waals surface area contributed by atoms with Gasteiger partial charge in [0.15, 0.2) is 0 Å². The molecule has 1 rings (SSSR count). The first kappa shape index (κ1) is 8.99. The smallest absolute Gasteiger partial charge is 0.000993 e. The predicted molar refractivity (Wildman–Crippen MR) is 29.2 cm³/mol. The third-order valence-corrected chi connectivity index (χ3v) is 1.30. The molecule has 0 heterocycles. The van der Waals surface area contributed by atoms with E-state index in [2.05, 4.69) is 0 Å². The van der Waals surface area contributed by atoms with Crippen molar-refractivity contribution < 1.29 is 26.4 Å². The number of Topliss-reactive ketones (excluding diaryl/α,β-unsaturated/α-hetero) is 1. The summed E-state index contributed by atoms with van der Waals surface area (Å²) in [5.41, 5.74) is 0. The van der Waals surface area contributed by atoms with Crippen LogP contribution in [0.5, 0.6) is 0 Å². The monoisotopic (exact) mass is 171 g/mol. The van der Waals surface area contributed by atoms with Gasteiger partial charge in [0.25, 0.3) is 0 Å². The summed E-state index contributed by atoms with van der Waals surface area (Å²) in [7, 11) is 0. The fraction of sp³-hybridized carbons (Fsp3) is 0.667. The van der Waals surface area contributed by atoms with Crippen LogP contribution < -0.4 is 0 Å². The molecular formula is C6H9NiO2-. The molecular weight excluding hydrogens is 163 g/mol. The van der Waals surface area contributed by atoms with E-state index in [4.69, 9.17) is 5.11 Å². The average Bonchev–Trinajstić information content (AvgIpc) is 1.64. The Morgan fingerprint density at radius 1 is 1.67 bits per heavy atom. The van der Waals surface area contributed by atoms with E-state index in [1.165, 1.54) is 6.42 Å². The topological polar surface area (TPSA) is 37.3 Å². The number of hydrogen-bond acceptors (Lipinski definition) is 2. The molecule has 9 heavy (non-hydrogen) atoms. The van der Waals surface area contributed by atoms with Gasteiger partial charge in [0.05, 0.1) is 0 Å². The number of carbonyl (C=O) groups is 1. The van der Waals surface area contributed by atoms with Crippen molar-refractivity contribution in [2.75, 3.05) is 0 Å². The summed E-state index contributed by atoms with van der Waals surface area (Å²) < 4.78 is 0. The Balaban J connectivity index is 0.000000640. The molecule has 56 valence electrons. The summed E-state index contributed by atoms with van der Waals surface area (Å²) in [5.74, 6) is 0.0868. The van der Waals surface area contributed by atoms with Crippen LogP contribution in [0.4, 0.5) is 0 Å². The van der Waals surface area contributed by atoms with Gasteiger partial charge in [-0.25, -0.2) is 0 Å². The van der Waals surface area contributed by atoms with E-state index >= 15 is 0 Å². The molecule has 0 aromatic rings. The van der Waals surface area contributed by atoms with Crippen molar-refractivity contribution >= 4 is 5.78 Å². The van der Waals surface area contributed by atoms with Crippen molar-refractivity contribution in [3.8, 4) is 0 Å². The van der Waals surface area contributed by atoms with Gasteiger partial charge in [-0.2, -0.15) is 0 Å². The molecule has 0 bridgehead atoms. The van der Waals surface area contributed by atoms with Gasteiger partial charge in [0, 0.05) is 22.3 Å². The van der Waals surface area contributed by atoms with Gasteiger partial charge in [-0.3, -0.25) is 6.42 Å². The van der Waals surface area contributed by atoms with Crippen molar-refractivity contribution in [2.24, 2.45) is 0 Å². The van der Waals surface area contributed by atoms with Gasteiger partial charge in [-0.05, 0) is 18.9 Å². The molecule has 1 N–H and O–H groups in total. The molecule has 1 aliphatic carbocycles. The zero-order chi connectivity index (χ0) is 5.98. The van der Waals surface area contributed by atoms with E-state index in [1.807, 2.05) is 0 Å². The van der Waals surface area contributed by atoms with Crippen LogP contribution >= 0.6 is 0 Å². The molecule has 0 aromatic heterocycles. The Hall–Kier alpha value is -0.00649. The van der Waals surface area contributed by atoms with Crippen LogP contribution in [-0.4, -0.2) is 17.0 Å². The maximum atomic E-state index is 10.5. The number of aliphatic hydroxyl groups excluding tert-OH is 1. The minimum atomic E-state index is -0.462. The molecule has 0 radical (unpaired) electrons. The predicted octanol–water partition coefficient (Wildman–Crippen LogP) is 0.302. The molecule has 1 atom stereocenters. The molecule has 3 heteroatoms. The van der Waals surface area contributed by atoms with Crippen molar-refractivity contribution in [1.29, 1.82) is 0 Å². The number of ketones is 1. The fourth-order valence-corrected chi connectivity index (χ4v) is 0.867. The summed E-state index contributed by atoms with van der Waals surface area (Å²) in [6.07, 6.45) is 3.15. The van der Waals surface area contributed by atoms with Crippen LogP contribution in [0.3, 0.4) is 0 Å². The molecule has 0 spiro atoms. The van der Waals surface area contributed by atoms with Crippen LogP contribution in [0, 0.1) is 6.42 Å². The number of aliphatic hydroxyl groups is 1. The van der Waals surface area contributed by atoms with Crippen molar-refractivity contribution in [2.45, 2.75) is 25.4 Å². The van der Waals surface area contributed by atoms with E-state index in [-0.39, 0.29) is 22.3 Å². The van der Waals surface area contributed by atoms with E-state index in [0.717, 1.165) is 12.8 Å². The summed E-state index contributed by atoms with van der Waals surface area (Å²) in [6.45, 7) is 0. The van der Waals surface area contributed by atoms with E-state index in [9.17, 15) is 4.79 Å². The summed E-state index contributed by atoms with van der Waals surface area (Å²) in [6, 6.07) is 0.